The van der Waals surface area contributed by atoms with E-state index in [9.17, 15) is 4.79 Å². The summed E-state index contributed by atoms with van der Waals surface area (Å²) in [6, 6.07) is 0.204. The number of nitrogens with two attached hydrogens (primary N) is 1. The van der Waals surface area contributed by atoms with Gasteiger partial charge >= 0.3 is 0 Å². The lowest BCUT2D eigenvalue weighted by molar-refractivity contribution is -0.132. The van der Waals surface area contributed by atoms with Gasteiger partial charge in [0.1, 0.15) is 0 Å². The van der Waals surface area contributed by atoms with E-state index >= 15 is 0 Å². The Morgan fingerprint density at radius 2 is 2.00 bits per heavy atom. The molecule has 0 bridgehead atoms. The molecule has 1 unspecified atom stereocenters. The average Bonchev–Trinajstić information content (AvgIpc) is 2.78. The lowest BCUT2D eigenvalue weighted by atomic mass is 10.0. The van der Waals surface area contributed by atoms with Gasteiger partial charge in [-0.25, -0.2) is 0 Å². The fourth-order valence-electron chi connectivity index (χ4n) is 2.82. The van der Waals surface area contributed by atoms with Crippen LogP contribution in [0.1, 0.15) is 40.5 Å². The summed E-state index contributed by atoms with van der Waals surface area (Å²) in [6.07, 6.45) is 1.87. The van der Waals surface area contributed by atoms with Crippen molar-refractivity contribution in [3.05, 3.63) is 0 Å². The first kappa shape index (κ1) is 15.4. The summed E-state index contributed by atoms with van der Waals surface area (Å²) in [7, 11) is 0. The summed E-state index contributed by atoms with van der Waals surface area (Å²) in [4.78, 5) is 16.6. The Labute approximate surface area is 111 Å². The summed E-state index contributed by atoms with van der Waals surface area (Å²) in [6.45, 7) is 12.4. The minimum absolute atomic E-state index is 0.137. The lowest BCUT2D eigenvalue weighted by Crippen LogP contribution is -2.45. The van der Waals surface area contributed by atoms with Gasteiger partial charge < -0.3 is 10.6 Å². The molecule has 1 fully saturated rings. The van der Waals surface area contributed by atoms with E-state index in [1.54, 1.807) is 0 Å². The predicted octanol–water partition coefficient (Wildman–Crippen LogP) is 1.30. The molecule has 0 aromatic carbocycles. The quantitative estimate of drug-likeness (QED) is 0.778. The molecule has 0 radical (unpaired) electrons. The van der Waals surface area contributed by atoms with Crippen LogP contribution in [-0.2, 0) is 4.79 Å². The van der Waals surface area contributed by atoms with E-state index in [0.29, 0.717) is 12.0 Å². The topological polar surface area (TPSA) is 49.6 Å². The minimum Gasteiger partial charge on any atom is -0.340 e. The molecule has 1 amide bonds. The monoisotopic (exact) mass is 255 g/mol. The van der Waals surface area contributed by atoms with Crippen LogP contribution in [-0.4, -0.2) is 54.0 Å². The standard InChI is InChI=1S/C14H29N3O/c1-5-16(6-2)12-7-8-17(10-12)14(18)13(15)9-11(3)4/h11-13H,5-10,15H2,1-4H3/t12?,13-/m1/s1. The second kappa shape index (κ2) is 7.10. The SMILES string of the molecule is CCN(CC)C1CCN(C(=O)[C@H](N)CC(C)C)C1. The maximum absolute atomic E-state index is 12.2. The van der Waals surface area contributed by atoms with Crippen LogP contribution in [0, 0.1) is 5.92 Å². The molecule has 0 aliphatic carbocycles. The van der Waals surface area contributed by atoms with Crippen LogP contribution < -0.4 is 5.73 Å². The van der Waals surface area contributed by atoms with Gasteiger partial charge in [-0.15, -0.1) is 0 Å². The fourth-order valence-corrected chi connectivity index (χ4v) is 2.82. The Kier molecular flexibility index (Phi) is 6.09. The highest BCUT2D eigenvalue weighted by Gasteiger charge is 2.31. The molecule has 1 rings (SSSR count). The number of hydrogen-bond donors (Lipinski definition) is 1. The highest BCUT2D eigenvalue weighted by atomic mass is 16.2. The second-order valence-corrected chi connectivity index (χ2v) is 5.68. The number of hydrogen-bond acceptors (Lipinski definition) is 3. The van der Waals surface area contributed by atoms with Crippen molar-refractivity contribution in [3.63, 3.8) is 0 Å². The van der Waals surface area contributed by atoms with Crippen LogP contribution in [0.4, 0.5) is 0 Å². The van der Waals surface area contributed by atoms with Crippen molar-refractivity contribution in [1.29, 1.82) is 0 Å². The molecule has 0 spiro atoms. The smallest absolute Gasteiger partial charge is 0.239 e. The van der Waals surface area contributed by atoms with Crippen molar-refractivity contribution in [2.24, 2.45) is 11.7 Å². The summed E-state index contributed by atoms with van der Waals surface area (Å²) in [5.74, 6) is 0.614. The molecule has 1 heterocycles. The number of likely N-dealkylation sites (N-methyl/N-ethyl adjacent to an activating group) is 1. The second-order valence-electron chi connectivity index (χ2n) is 5.68. The molecular formula is C14H29N3O. The van der Waals surface area contributed by atoms with Crippen molar-refractivity contribution in [2.75, 3.05) is 26.2 Å². The Balaban J connectivity index is 2.48. The van der Waals surface area contributed by atoms with E-state index < -0.39 is 0 Å². The van der Waals surface area contributed by atoms with Crippen LogP contribution in [0.3, 0.4) is 0 Å². The molecule has 4 nitrogen and oxygen atoms in total. The summed E-state index contributed by atoms with van der Waals surface area (Å²) in [5.41, 5.74) is 5.98. The molecule has 106 valence electrons. The molecule has 2 atom stereocenters. The molecule has 1 saturated heterocycles. The Bertz CT molecular complexity index is 264. The molecule has 1 aliphatic heterocycles. The third-order valence-corrected chi connectivity index (χ3v) is 3.85. The van der Waals surface area contributed by atoms with Gasteiger partial charge in [0, 0.05) is 19.1 Å². The first-order chi connectivity index (χ1) is 8.49. The zero-order valence-electron chi connectivity index (χ0n) is 12.4. The van der Waals surface area contributed by atoms with Crippen LogP contribution in [0.25, 0.3) is 0 Å². The van der Waals surface area contributed by atoms with E-state index in [4.69, 9.17) is 5.73 Å². The molecule has 4 heteroatoms. The van der Waals surface area contributed by atoms with Gasteiger partial charge in [0.05, 0.1) is 6.04 Å². The van der Waals surface area contributed by atoms with Gasteiger partial charge in [-0.2, -0.15) is 0 Å². The highest BCUT2D eigenvalue weighted by molar-refractivity contribution is 5.81. The normalized spacial score (nSPS) is 21.9. The van der Waals surface area contributed by atoms with E-state index in [1.807, 2.05) is 4.90 Å². The first-order valence-electron chi connectivity index (χ1n) is 7.27. The number of carbonyl (C=O) groups is 1. The third kappa shape index (κ3) is 3.95. The maximum Gasteiger partial charge on any atom is 0.239 e. The zero-order valence-corrected chi connectivity index (χ0v) is 12.4. The summed E-state index contributed by atoms with van der Waals surface area (Å²) < 4.78 is 0. The minimum atomic E-state index is -0.319. The van der Waals surface area contributed by atoms with E-state index in [1.165, 1.54) is 0 Å². The van der Waals surface area contributed by atoms with E-state index in [0.717, 1.165) is 39.0 Å². The highest BCUT2D eigenvalue weighted by Crippen LogP contribution is 2.17. The van der Waals surface area contributed by atoms with Gasteiger partial charge in [0.2, 0.25) is 5.91 Å². The van der Waals surface area contributed by atoms with Gasteiger partial charge in [-0.1, -0.05) is 27.7 Å². The van der Waals surface area contributed by atoms with Crippen LogP contribution in [0.5, 0.6) is 0 Å². The van der Waals surface area contributed by atoms with E-state index in [-0.39, 0.29) is 11.9 Å². The molecular weight excluding hydrogens is 226 g/mol. The first-order valence-corrected chi connectivity index (χ1v) is 7.27. The molecule has 1 aliphatic rings. The molecule has 2 N–H and O–H groups in total. The number of likely N-dealkylation sites (tertiary alicyclic amines) is 1. The zero-order chi connectivity index (χ0) is 13.7. The van der Waals surface area contributed by atoms with Crippen molar-refractivity contribution in [2.45, 2.75) is 52.6 Å². The Morgan fingerprint density at radius 1 is 1.39 bits per heavy atom. The maximum atomic E-state index is 12.2. The van der Waals surface area contributed by atoms with Gasteiger partial charge in [0.25, 0.3) is 0 Å². The molecule has 0 aromatic rings. The predicted molar refractivity (Wildman–Crippen MR) is 75.3 cm³/mol. The van der Waals surface area contributed by atoms with Crippen molar-refractivity contribution < 1.29 is 4.79 Å². The molecule has 0 saturated carbocycles. The van der Waals surface area contributed by atoms with Crippen LogP contribution >= 0.6 is 0 Å². The van der Waals surface area contributed by atoms with Crippen LogP contribution in [0.2, 0.25) is 0 Å². The van der Waals surface area contributed by atoms with Crippen molar-refractivity contribution in [1.82, 2.24) is 9.80 Å². The number of nitrogens with zero attached hydrogens (tertiary/aromatic N) is 2. The van der Waals surface area contributed by atoms with Crippen LogP contribution in [0.15, 0.2) is 0 Å². The third-order valence-electron chi connectivity index (χ3n) is 3.85. The summed E-state index contributed by atoms with van der Waals surface area (Å²) in [5, 5.41) is 0. The average molecular weight is 255 g/mol. The Hall–Kier alpha value is -0.610. The van der Waals surface area contributed by atoms with Gasteiger partial charge in [-0.3, -0.25) is 9.69 Å². The van der Waals surface area contributed by atoms with Crippen molar-refractivity contribution >= 4 is 5.91 Å². The number of rotatable bonds is 6. The summed E-state index contributed by atoms with van der Waals surface area (Å²) >= 11 is 0. The molecule has 0 aromatic heterocycles. The van der Waals surface area contributed by atoms with E-state index in [2.05, 4.69) is 32.6 Å². The van der Waals surface area contributed by atoms with Crippen molar-refractivity contribution in [3.8, 4) is 0 Å². The molecule has 18 heavy (non-hydrogen) atoms. The number of amides is 1. The Morgan fingerprint density at radius 3 is 2.50 bits per heavy atom. The van der Waals surface area contributed by atoms with Gasteiger partial charge in [-0.05, 0) is 31.8 Å². The lowest BCUT2D eigenvalue weighted by Gasteiger charge is -2.27. The van der Waals surface area contributed by atoms with Gasteiger partial charge in [0.15, 0.2) is 0 Å². The number of carbonyl (C=O) groups excluding carboxylic acids is 1. The largest absolute Gasteiger partial charge is 0.340 e. The fraction of sp³-hybridized carbons (Fsp3) is 0.929.